The van der Waals surface area contributed by atoms with Crippen LogP contribution in [0.3, 0.4) is 0 Å². The van der Waals surface area contributed by atoms with Crippen LogP contribution < -0.4 is 9.46 Å². The Hall–Kier alpha value is -1.11. The molecule has 19 heavy (non-hydrogen) atoms. The number of nitrogens with one attached hydrogen (secondary N) is 1. The molecule has 0 bridgehead atoms. The van der Waals surface area contributed by atoms with E-state index in [4.69, 9.17) is 4.74 Å². The highest BCUT2D eigenvalue weighted by atomic mass is 32.2. The number of sulfonamides is 1. The average Bonchev–Trinajstić information content (AvgIpc) is 2.37. The van der Waals surface area contributed by atoms with Crippen LogP contribution in [0.15, 0.2) is 23.1 Å². The minimum absolute atomic E-state index is 0.116. The predicted octanol–water partition coefficient (Wildman–Crippen LogP) is 1.65. The summed E-state index contributed by atoms with van der Waals surface area (Å²) >= 11 is 0. The Labute approximate surface area is 114 Å². The van der Waals surface area contributed by atoms with Crippen LogP contribution in [0.1, 0.15) is 32.3 Å². The van der Waals surface area contributed by atoms with Gasteiger partial charge in [0.25, 0.3) is 0 Å². The monoisotopic (exact) mass is 287 g/mol. The summed E-state index contributed by atoms with van der Waals surface area (Å²) in [5.41, 5.74) is 0.452. The molecule has 0 fully saturated rings. The van der Waals surface area contributed by atoms with Crippen LogP contribution in [0.25, 0.3) is 0 Å². The van der Waals surface area contributed by atoms with Crippen molar-refractivity contribution in [3.63, 3.8) is 0 Å². The van der Waals surface area contributed by atoms with Gasteiger partial charge in [-0.2, -0.15) is 0 Å². The molecule has 1 aromatic carbocycles. The Balaban J connectivity index is 3.01. The lowest BCUT2D eigenvalue weighted by Gasteiger charge is -2.14. The summed E-state index contributed by atoms with van der Waals surface area (Å²) in [6.07, 6.45) is 1.69. The molecular formula is C13H21NO4S. The van der Waals surface area contributed by atoms with E-state index in [2.05, 4.69) is 4.72 Å². The van der Waals surface area contributed by atoms with Crippen LogP contribution in [-0.2, 0) is 16.6 Å². The second-order valence-electron chi connectivity index (χ2n) is 4.44. The summed E-state index contributed by atoms with van der Waals surface area (Å²) in [5, 5.41) is 9.21. The Kier molecular flexibility index (Phi) is 5.78. The quantitative estimate of drug-likeness (QED) is 0.799. The minimum atomic E-state index is -3.56. The summed E-state index contributed by atoms with van der Waals surface area (Å²) in [4.78, 5) is 0.139. The number of rotatable bonds is 7. The van der Waals surface area contributed by atoms with E-state index in [1.807, 2.05) is 13.8 Å². The molecule has 0 aliphatic heterocycles. The number of methoxy groups -OCH3 is 1. The fourth-order valence-electron chi connectivity index (χ4n) is 1.87. The highest BCUT2D eigenvalue weighted by Gasteiger charge is 2.18. The van der Waals surface area contributed by atoms with Crippen molar-refractivity contribution < 1.29 is 18.3 Å². The topological polar surface area (TPSA) is 75.6 Å². The Morgan fingerprint density at radius 1 is 1.42 bits per heavy atom. The highest BCUT2D eigenvalue weighted by molar-refractivity contribution is 7.89. The van der Waals surface area contributed by atoms with Crippen LogP contribution in [0, 0.1) is 0 Å². The van der Waals surface area contributed by atoms with Crippen molar-refractivity contribution in [1.29, 1.82) is 0 Å². The molecule has 0 amide bonds. The zero-order valence-corrected chi connectivity index (χ0v) is 12.3. The lowest BCUT2D eigenvalue weighted by molar-refractivity contribution is 0.273. The largest absolute Gasteiger partial charge is 0.496 e. The Morgan fingerprint density at radius 3 is 2.63 bits per heavy atom. The number of aliphatic hydroxyl groups is 1. The second-order valence-corrected chi connectivity index (χ2v) is 6.16. The van der Waals surface area contributed by atoms with Gasteiger partial charge in [-0.05, 0) is 31.5 Å². The van der Waals surface area contributed by atoms with E-state index in [0.717, 1.165) is 12.8 Å². The summed E-state index contributed by atoms with van der Waals surface area (Å²) in [7, 11) is -2.08. The molecule has 6 heteroatoms. The van der Waals surface area contributed by atoms with Crippen LogP contribution in [0.5, 0.6) is 5.75 Å². The smallest absolute Gasteiger partial charge is 0.240 e. The Bertz CT molecular complexity index is 513. The van der Waals surface area contributed by atoms with Crippen LogP contribution >= 0.6 is 0 Å². The summed E-state index contributed by atoms with van der Waals surface area (Å²) in [6, 6.07) is 4.33. The van der Waals surface area contributed by atoms with E-state index >= 15 is 0 Å². The first-order chi connectivity index (χ1) is 8.94. The molecule has 0 aliphatic rings. The van der Waals surface area contributed by atoms with Gasteiger partial charge in [-0.3, -0.25) is 0 Å². The number of hydrogen-bond donors (Lipinski definition) is 2. The SMILES string of the molecule is CCCC(C)NS(=O)(=O)c1ccc(OC)c(CO)c1. The standard InChI is InChI=1S/C13H21NO4S/c1-4-5-10(2)14-19(16,17)12-6-7-13(18-3)11(8-12)9-15/h6-8,10,14-15H,4-5,9H2,1-3H3. The van der Waals surface area contributed by atoms with Crippen molar-refractivity contribution >= 4 is 10.0 Å². The molecule has 0 spiro atoms. The fourth-order valence-corrected chi connectivity index (χ4v) is 3.20. The lowest BCUT2D eigenvalue weighted by Crippen LogP contribution is -2.32. The summed E-state index contributed by atoms with van der Waals surface area (Å²) in [6.45, 7) is 3.57. The maximum absolute atomic E-state index is 12.2. The molecule has 0 aromatic heterocycles. The predicted molar refractivity (Wildman–Crippen MR) is 73.6 cm³/mol. The van der Waals surface area contributed by atoms with E-state index in [9.17, 15) is 13.5 Å². The molecule has 1 aromatic rings. The third kappa shape index (κ3) is 4.19. The third-order valence-electron chi connectivity index (χ3n) is 2.81. The van der Waals surface area contributed by atoms with Gasteiger partial charge in [0.1, 0.15) is 5.75 Å². The molecule has 1 atom stereocenters. The molecule has 1 unspecified atom stereocenters. The maximum atomic E-state index is 12.2. The van der Waals surface area contributed by atoms with Crippen LogP contribution in [0.2, 0.25) is 0 Å². The highest BCUT2D eigenvalue weighted by Crippen LogP contribution is 2.22. The molecule has 0 heterocycles. The summed E-state index contributed by atoms with van der Waals surface area (Å²) in [5.74, 6) is 0.475. The number of aliphatic hydroxyl groups excluding tert-OH is 1. The molecule has 108 valence electrons. The second kappa shape index (κ2) is 6.88. The van der Waals surface area contributed by atoms with Gasteiger partial charge in [0.2, 0.25) is 10.0 Å². The van der Waals surface area contributed by atoms with E-state index < -0.39 is 10.0 Å². The van der Waals surface area contributed by atoms with Gasteiger partial charge in [0.15, 0.2) is 0 Å². The van der Waals surface area contributed by atoms with E-state index in [1.165, 1.54) is 19.2 Å². The minimum Gasteiger partial charge on any atom is -0.496 e. The Morgan fingerprint density at radius 2 is 2.11 bits per heavy atom. The average molecular weight is 287 g/mol. The zero-order chi connectivity index (χ0) is 14.5. The normalized spacial score (nSPS) is 13.3. The van der Waals surface area contributed by atoms with E-state index in [-0.39, 0.29) is 17.5 Å². The van der Waals surface area contributed by atoms with Gasteiger partial charge in [0.05, 0.1) is 18.6 Å². The van der Waals surface area contributed by atoms with E-state index in [1.54, 1.807) is 6.07 Å². The lowest BCUT2D eigenvalue weighted by atomic mass is 10.2. The molecule has 0 saturated carbocycles. The first-order valence-electron chi connectivity index (χ1n) is 6.24. The number of hydrogen-bond acceptors (Lipinski definition) is 4. The van der Waals surface area contributed by atoms with E-state index in [0.29, 0.717) is 11.3 Å². The molecular weight excluding hydrogens is 266 g/mol. The molecule has 1 rings (SSSR count). The molecule has 0 radical (unpaired) electrons. The van der Waals surface area contributed by atoms with Crippen LogP contribution in [0.4, 0.5) is 0 Å². The van der Waals surface area contributed by atoms with Crippen molar-refractivity contribution in [2.45, 2.75) is 44.2 Å². The van der Waals surface area contributed by atoms with Gasteiger partial charge < -0.3 is 9.84 Å². The maximum Gasteiger partial charge on any atom is 0.240 e. The number of ether oxygens (including phenoxy) is 1. The van der Waals surface area contributed by atoms with Crippen molar-refractivity contribution in [3.05, 3.63) is 23.8 Å². The third-order valence-corrected chi connectivity index (χ3v) is 4.40. The molecule has 5 nitrogen and oxygen atoms in total. The van der Waals surface area contributed by atoms with Gasteiger partial charge in [-0.25, -0.2) is 13.1 Å². The van der Waals surface area contributed by atoms with Crippen molar-refractivity contribution in [3.8, 4) is 5.75 Å². The zero-order valence-electron chi connectivity index (χ0n) is 11.5. The summed E-state index contributed by atoms with van der Waals surface area (Å²) < 4.78 is 32.0. The fraction of sp³-hybridized carbons (Fsp3) is 0.538. The first-order valence-corrected chi connectivity index (χ1v) is 7.73. The molecule has 0 aliphatic carbocycles. The first kappa shape index (κ1) is 15.9. The van der Waals surface area contributed by atoms with Crippen molar-refractivity contribution in [2.75, 3.05) is 7.11 Å². The van der Waals surface area contributed by atoms with Crippen molar-refractivity contribution in [2.24, 2.45) is 0 Å². The number of benzene rings is 1. The van der Waals surface area contributed by atoms with Gasteiger partial charge in [-0.15, -0.1) is 0 Å². The molecule has 2 N–H and O–H groups in total. The van der Waals surface area contributed by atoms with Crippen molar-refractivity contribution in [1.82, 2.24) is 4.72 Å². The van der Waals surface area contributed by atoms with Gasteiger partial charge in [0, 0.05) is 11.6 Å². The van der Waals surface area contributed by atoms with Crippen LogP contribution in [-0.4, -0.2) is 26.7 Å². The van der Waals surface area contributed by atoms with Gasteiger partial charge in [-0.1, -0.05) is 13.3 Å². The molecule has 0 saturated heterocycles. The van der Waals surface area contributed by atoms with Gasteiger partial charge >= 0.3 is 0 Å².